The van der Waals surface area contributed by atoms with Gasteiger partial charge in [-0.25, -0.2) is 0 Å². The molecular formula is C13H21N3O. The van der Waals surface area contributed by atoms with E-state index in [0.29, 0.717) is 17.8 Å². The number of carbonyl (C=O) groups is 1. The van der Waals surface area contributed by atoms with E-state index < -0.39 is 0 Å². The number of hydrogen-bond donors (Lipinski definition) is 2. The summed E-state index contributed by atoms with van der Waals surface area (Å²) in [7, 11) is 2.02. The number of anilines is 1. The van der Waals surface area contributed by atoms with E-state index in [1.165, 1.54) is 0 Å². The predicted octanol–water partition coefficient (Wildman–Crippen LogP) is 1.26. The molecule has 0 aliphatic carbocycles. The van der Waals surface area contributed by atoms with Crippen LogP contribution in [0, 0.1) is 6.92 Å². The number of nitrogens with zero attached hydrogens (tertiary/aromatic N) is 1. The lowest BCUT2D eigenvalue weighted by atomic mass is 10.1. The molecule has 0 aromatic heterocycles. The summed E-state index contributed by atoms with van der Waals surface area (Å²) in [6.07, 6.45) is 0. The first-order chi connectivity index (χ1) is 8.04. The highest BCUT2D eigenvalue weighted by Gasteiger charge is 2.09. The highest BCUT2D eigenvalue weighted by molar-refractivity contribution is 5.99. The Balaban J connectivity index is 2.55. The van der Waals surface area contributed by atoms with Crippen molar-refractivity contribution in [1.29, 1.82) is 0 Å². The zero-order chi connectivity index (χ0) is 12.8. The molecule has 0 unspecified atom stereocenters. The van der Waals surface area contributed by atoms with E-state index in [1.807, 2.05) is 26.1 Å². The van der Waals surface area contributed by atoms with Crippen LogP contribution in [0.4, 0.5) is 5.69 Å². The average Bonchev–Trinajstić information content (AvgIpc) is 2.31. The van der Waals surface area contributed by atoms with Gasteiger partial charge in [0.05, 0.1) is 5.56 Å². The van der Waals surface area contributed by atoms with E-state index in [4.69, 9.17) is 5.73 Å². The minimum absolute atomic E-state index is 0.101. The number of carbonyl (C=O) groups excluding carboxylic acids is 1. The second-order valence-electron chi connectivity index (χ2n) is 4.24. The Morgan fingerprint density at radius 2 is 2.18 bits per heavy atom. The minimum atomic E-state index is -0.101. The van der Waals surface area contributed by atoms with Gasteiger partial charge in [0.1, 0.15) is 0 Å². The van der Waals surface area contributed by atoms with Crippen LogP contribution in [0.25, 0.3) is 0 Å². The quantitative estimate of drug-likeness (QED) is 0.755. The average molecular weight is 235 g/mol. The van der Waals surface area contributed by atoms with E-state index >= 15 is 0 Å². The lowest BCUT2D eigenvalue weighted by Gasteiger charge is -2.14. The van der Waals surface area contributed by atoms with Crippen molar-refractivity contribution in [3.05, 3.63) is 29.3 Å². The number of amides is 1. The molecule has 0 fully saturated rings. The van der Waals surface area contributed by atoms with Crippen LogP contribution >= 0.6 is 0 Å². The fraction of sp³-hybridized carbons (Fsp3) is 0.462. The van der Waals surface area contributed by atoms with Gasteiger partial charge in [-0.3, -0.25) is 4.79 Å². The summed E-state index contributed by atoms with van der Waals surface area (Å²) in [5.41, 5.74) is 7.90. The molecule has 1 rings (SSSR count). The van der Waals surface area contributed by atoms with Crippen molar-refractivity contribution in [2.24, 2.45) is 0 Å². The van der Waals surface area contributed by atoms with Crippen molar-refractivity contribution in [3.8, 4) is 0 Å². The highest BCUT2D eigenvalue weighted by atomic mass is 16.1. The van der Waals surface area contributed by atoms with Crippen LogP contribution in [0.1, 0.15) is 22.8 Å². The molecule has 1 aromatic rings. The zero-order valence-corrected chi connectivity index (χ0v) is 10.8. The Morgan fingerprint density at radius 3 is 2.82 bits per heavy atom. The molecule has 1 aromatic carbocycles. The number of nitrogens with two attached hydrogens (primary N) is 1. The monoisotopic (exact) mass is 235 g/mol. The molecule has 1 amide bonds. The fourth-order valence-electron chi connectivity index (χ4n) is 1.48. The third-order valence-corrected chi connectivity index (χ3v) is 2.77. The number of hydrogen-bond acceptors (Lipinski definition) is 3. The topological polar surface area (TPSA) is 58.4 Å². The van der Waals surface area contributed by atoms with Crippen LogP contribution in [0.2, 0.25) is 0 Å². The SMILES string of the molecule is CCN(C)CCNC(=O)c1cc(C)ccc1N. The number of rotatable bonds is 5. The largest absolute Gasteiger partial charge is 0.398 e. The molecule has 0 saturated carbocycles. The van der Waals surface area contributed by atoms with E-state index in [0.717, 1.165) is 18.7 Å². The maximum absolute atomic E-state index is 11.9. The van der Waals surface area contributed by atoms with Crippen LogP contribution in [-0.4, -0.2) is 37.5 Å². The van der Waals surface area contributed by atoms with Gasteiger partial charge in [-0.15, -0.1) is 0 Å². The second-order valence-corrected chi connectivity index (χ2v) is 4.24. The van der Waals surface area contributed by atoms with E-state index in [9.17, 15) is 4.79 Å². The third-order valence-electron chi connectivity index (χ3n) is 2.77. The summed E-state index contributed by atoms with van der Waals surface area (Å²) in [6.45, 7) is 6.48. The van der Waals surface area contributed by atoms with Crippen molar-refractivity contribution in [1.82, 2.24) is 10.2 Å². The molecule has 0 bridgehead atoms. The van der Waals surface area contributed by atoms with Crippen LogP contribution in [-0.2, 0) is 0 Å². The number of nitrogens with one attached hydrogen (secondary N) is 1. The van der Waals surface area contributed by atoms with E-state index in [-0.39, 0.29) is 5.91 Å². The van der Waals surface area contributed by atoms with Crippen molar-refractivity contribution in [3.63, 3.8) is 0 Å². The normalized spacial score (nSPS) is 10.6. The first-order valence-corrected chi connectivity index (χ1v) is 5.87. The van der Waals surface area contributed by atoms with Gasteiger partial charge in [-0.1, -0.05) is 18.6 Å². The van der Waals surface area contributed by atoms with Crippen LogP contribution < -0.4 is 11.1 Å². The first-order valence-electron chi connectivity index (χ1n) is 5.87. The molecule has 17 heavy (non-hydrogen) atoms. The van der Waals surface area contributed by atoms with Crippen molar-refractivity contribution >= 4 is 11.6 Å². The first kappa shape index (κ1) is 13.5. The molecule has 0 spiro atoms. The molecule has 3 N–H and O–H groups in total. The second kappa shape index (κ2) is 6.25. The maximum Gasteiger partial charge on any atom is 0.253 e. The molecule has 94 valence electrons. The van der Waals surface area contributed by atoms with Gasteiger partial charge >= 0.3 is 0 Å². The summed E-state index contributed by atoms with van der Waals surface area (Å²) >= 11 is 0. The van der Waals surface area contributed by atoms with Gasteiger partial charge in [0.25, 0.3) is 5.91 Å². The predicted molar refractivity (Wildman–Crippen MR) is 71.1 cm³/mol. The number of likely N-dealkylation sites (N-methyl/N-ethyl adjacent to an activating group) is 1. The molecule has 0 heterocycles. The zero-order valence-electron chi connectivity index (χ0n) is 10.8. The lowest BCUT2D eigenvalue weighted by Crippen LogP contribution is -2.33. The van der Waals surface area contributed by atoms with Gasteiger partial charge in [-0.05, 0) is 32.6 Å². The molecule has 0 saturated heterocycles. The highest BCUT2D eigenvalue weighted by Crippen LogP contribution is 2.13. The van der Waals surface area contributed by atoms with Crippen molar-refractivity contribution in [2.75, 3.05) is 32.4 Å². The van der Waals surface area contributed by atoms with Gasteiger partial charge in [-0.2, -0.15) is 0 Å². The lowest BCUT2D eigenvalue weighted by molar-refractivity contribution is 0.0951. The van der Waals surface area contributed by atoms with Crippen LogP contribution in [0.3, 0.4) is 0 Å². The van der Waals surface area contributed by atoms with Gasteiger partial charge in [0, 0.05) is 18.8 Å². The van der Waals surface area contributed by atoms with Crippen LogP contribution in [0.15, 0.2) is 18.2 Å². The van der Waals surface area contributed by atoms with Crippen LogP contribution in [0.5, 0.6) is 0 Å². The molecule has 0 aliphatic heterocycles. The van der Waals surface area contributed by atoms with Gasteiger partial charge in [0.2, 0.25) is 0 Å². The van der Waals surface area contributed by atoms with Gasteiger partial charge < -0.3 is 16.0 Å². The Morgan fingerprint density at radius 1 is 1.47 bits per heavy atom. The molecule has 0 aliphatic rings. The van der Waals surface area contributed by atoms with E-state index in [2.05, 4.69) is 17.1 Å². The Kier molecular flexibility index (Phi) is 4.97. The van der Waals surface area contributed by atoms with E-state index in [1.54, 1.807) is 6.07 Å². The molecular weight excluding hydrogens is 214 g/mol. The molecule has 4 heteroatoms. The third kappa shape index (κ3) is 4.07. The van der Waals surface area contributed by atoms with Crippen molar-refractivity contribution in [2.45, 2.75) is 13.8 Å². The molecule has 0 atom stereocenters. The minimum Gasteiger partial charge on any atom is -0.398 e. The van der Waals surface area contributed by atoms with Crippen molar-refractivity contribution < 1.29 is 4.79 Å². The number of nitrogen functional groups attached to an aromatic ring is 1. The summed E-state index contributed by atoms with van der Waals surface area (Å²) < 4.78 is 0. The summed E-state index contributed by atoms with van der Waals surface area (Å²) in [5, 5.41) is 2.87. The number of benzene rings is 1. The maximum atomic E-state index is 11.9. The fourth-order valence-corrected chi connectivity index (χ4v) is 1.48. The standard InChI is InChI=1S/C13H21N3O/c1-4-16(3)8-7-15-13(17)11-9-10(2)5-6-12(11)14/h5-6,9H,4,7-8,14H2,1-3H3,(H,15,17). The Hall–Kier alpha value is -1.55. The number of aryl methyl sites for hydroxylation is 1. The smallest absolute Gasteiger partial charge is 0.253 e. The summed E-state index contributed by atoms with van der Waals surface area (Å²) in [5.74, 6) is -0.101. The summed E-state index contributed by atoms with van der Waals surface area (Å²) in [6, 6.07) is 5.48. The van der Waals surface area contributed by atoms with Gasteiger partial charge in [0.15, 0.2) is 0 Å². The molecule has 4 nitrogen and oxygen atoms in total. The Labute approximate surface area is 103 Å². The Bertz CT molecular complexity index is 390. The molecule has 0 radical (unpaired) electrons. The summed E-state index contributed by atoms with van der Waals surface area (Å²) in [4.78, 5) is 14.0.